The number of carbonyl (C=O) groups is 2. The molecule has 4 aromatic rings. The summed E-state index contributed by atoms with van der Waals surface area (Å²) in [5, 5.41) is 0. The van der Waals surface area contributed by atoms with Crippen molar-refractivity contribution in [2.45, 2.75) is 13.0 Å². The van der Waals surface area contributed by atoms with Crippen molar-refractivity contribution in [1.29, 1.82) is 0 Å². The minimum atomic E-state index is -0.802. The molecule has 0 bridgehead atoms. The fourth-order valence-corrected chi connectivity index (χ4v) is 5.20. The Hall–Kier alpha value is -5.02. The first-order chi connectivity index (χ1) is 19.5. The number of carbonyl (C=O) groups excluding carboxylic acids is 2. The summed E-state index contributed by atoms with van der Waals surface area (Å²) in [5.41, 5.74) is 2.01. The van der Waals surface area contributed by atoms with Crippen molar-refractivity contribution in [3.05, 3.63) is 140 Å². The van der Waals surface area contributed by atoms with Crippen molar-refractivity contribution in [2.24, 2.45) is 4.99 Å². The number of thiazole rings is 1. The van der Waals surface area contributed by atoms with Gasteiger partial charge in [-0.2, -0.15) is 0 Å². The number of fused-ring (bicyclic) bond motifs is 1. The van der Waals surface area contributed by atoms with E-state index in [9.17, 15) is 14.4 Å². The van der Waals surface area contributed by atoms with Crippen LogP contribution < -0.4 is 19.6 Å². The minimum absolute atomic E-state index is 0.0126. The summed E-state index contributed by atoms with van der Waals surface area (Å²) >= 11 is 1.24. The molecule has 1 atom stereocenters. The molecule has 9 heteroatoms. The zero-order valence-electron chi connectivity index (χ0n) is 21.5. The smallest absolute Gasteiger partial charge is 0.379 e. The summed E-state index contributed by atoms with van der Waals surface area (Å²) in [6, 6.07) is 18.6. The van der Waals surface area contributed by atoms with Gasteiger partial charge in [0.05, 0.1) is 28.1 Å². The molecule has 1 aliphatic rings. The molecule has 8 nitrogen and oxygen atoms in total. The lowest BCUT2D eigenvalue weighted by molar-refractivity contribution is -0.138. The summed E-state index contributed by atoms with van der Waals surface area (Å²) < 4.78 is 17.8. The van der Waals surface area contributed by atoms with Gasteiger partial charge in [-0.15, -0.1) is 0 Å². The van der Waals surface area contributed by atoms with Crippen molar-refractivity contribution < 1.29 is 23.5 Å². The van der Waals surface area contributed by atoms with Gasteiger partial charge < -0.3 is 13.9 Å². The van der Waals surface area contributed by atoms with Crippen molar-refractivity contribution in [1.82, 2.24) is 4.57 Å². The molecule has 0 unspecified atom stereocenters. The highest BCUT2D eigenvalue weighted by Crippen LogP contribution is 2.31. The van der Waals surface area contributed by atoms with E-state index >= 15 is 0 Å². The van der Waals surface area contributed by atoms with Gasteiger partial charge >= 0.3 is 11.9 Å². The third-order valence-electron chi connectivity index (χ3n) is 6.04. The van der Waals surface area contributed by atoms with Gasteiger partial charge in [-0.25, -0.2) is 14.6 Å². The third kappa shape index (κ3) is 5.55. The van der Waals surface area contributed by atoms with Crippen LogP contribution in [-0.4, -0.2) is 23.1 Å². The fraction of sp³-hybridized carbons (Fsp3) is 0.0968. The topological polar surface area (TPSA) is 100 Å². The van der Waals surface area contributed by atoms with E-state index in [4.69, 9.17) is 13.9 Å². The second kappa shape index (κ2) is 11.8. The van der Waals surface area contributed by atoms with E-state index in [1.807, 2.05) is 42.5 Å². The SMILES string of the molecule is C=CCOC(=O)C1=C(C)N=c2s/c(=C/C=C/c3ccccc3)c(=O)n2[C@H]1c1ccc(OC(=O)c2ccco2)cc1. The van der Waals surface area contributed by atoms with Crippen LogP contribution in [0.2, 0.25) is 0 Å². The standard InChI is InChI=1S/C31H24N2O6S/c1-3-18-38-30(36)26-20(2)32-31-33(28(34)25(40-31)13-7-11-21-9-5-4-6-10-21)27(26)22-14-16-23(17-15-22)39-29(35)24-12-8-19-37-24/h3-17,19,27H,1,18H2,2H3/b11-7+,25-13+/t27-/m0/s1. The van der Waals surface area contributed by atoms with E-state index in [1.165, 1.54) is 34.3 Å². The van der Waals surface area contributed by atoms with E-state index < -0.39 is 18.0 Å². The number of allylic oxidation sites excluding steroid dienone is 2. The van der Waals surface area contributed by atoms with E-state index in [0.29, 0.717) is 20.6 Å². The van der Waals surface area contributed by atoms with Crippen LogP contribution in [-0.2, 0) is 9.53 Å². The Bertz CT molecular complexity index is 1790. The molecular weight excluding hydrogens is 528 g/mol. The largest absolute Gasteiger partial charge is 0.458 e. The van der Waals surface area contributed by atoms with Gasteiger partial charge in [-0.3, -0.25) is 9.36 Å². The molecule has 0 saturated carbocycles. The number of esters is 2. The Labute approximate surface area is 233 Å². The Kier molecular flexibility index (Phi) is 7.84. The van der Waals surface area contributed by atoms with E-state index in [1.54, 1.807) is 43.3 Å². The number of aromatic nitrogens is 1. The number of benzene rings is 2. The molecule has 0 N–H and O–H groups in total. The van der Waals surface area contributed by atoms with Crippen molar-refractivity contribution >= 4 is 35.4 Å². The molecule has 0 saturated heterocycles. The lowest BCUT2D eigenvalue weighted by atomic mass is 9.96. The van der Waals surface area contributed by atoms with Crippen LogP contribution in [0.25, 0.3) is 12.2 Å². The van der Waals surface area contributed by atoms with Crippen molar-refractivity contribution in [2.75, 3.05) is 6.61 Å². The third-order valence-corrected chi connectivity index (χ3v) is 7.04. The summed E-state index contributed by atoms with van der Waals surface area (Å²) in [5.74, 6) is -0.889. The van der Waals surface area contributed by atoms with Gasteiger partial charge in [0, 0.05) is 0 Å². The van der Waals surface area contributed by atoms with E-state index in [-0.39, 0.29) is 29.2 Å². The van der Waals surface area contributed by atoms with Crippen LogP contribution >= 0.6 is 11.3 Å². The molecule has 200 valence electrons. The van der Waals surface area contributed by atoms with Gasteiger partial charge in [-0.05, 0) is 48.4 Å². The summed E-state index contributed by atoms with van der Waals surface area (Å²) in [4.78, 5) is 44.1. The lowest BCUT2D eigenvalue weighted by Gasteiger charge is -2.24. The normalized spacial score (nSPS) is 15.0. The number of furan rings is 1. The van der Waals surface area contributed by atoms with Crippen molar-refractivity contribution in [3.63, 3.8) is 0 Å². The predicted octanol–water partition coefficient (Wildman–Crippen LogP) is 4.44. The zero-order valence-corrected chi connectivity index (χ0v) is 22.3. The molecule has 0 spiro atoms. The van der Waals surface area contributed by atoms with Gasteiger partial charge in [0.15, 0.2) is 4.80 Å². The second-order valence-corrected chi connectivity index (χ2v) is 9.71. The first-order valence-corrected chi connectivity index (χ1v) is 13.2. The average Bonchev–Trinajstić information content (AvgIpc) is 3.61. The summed E-state index contributed by atoms with van der Waals surface area (Å²) in [6.45, 7) is 5.32. The van der Waals surface area contributed by atoms with Gasteiger partial charge in [0.25, 0.3) is 5.56 Å². The van der Waals surface area contributed by atoms with Gasteiger partial charge in [0.1, 0.15) is 12.4 Å². The Balaban J connectivity index is 1.54. The van der Waals surface area contributed by atoms with E-state index in [2.05, 4.69) is 11.6 Å². The van der Waals surface area contributed by atoms with Crippen LogP contribution in [0.1, 0.15) is 34.6 Å². The molecule has 3 heterocycles. The van der Waals surface area contributed by atoms with Crippen LogP contribution in [0.4, 0.5) is 0 Å². The Morgan fingerprint density at radius 1 is 1.07 bits per heavy atom. The highest BCUT2D eigenvalue weighted by Gasteiger charge is 2.33. The molecule has 2 aromatic heterocycles. The summed E-state index contributed by atoms with van der Waals surface area (Å²) in [6.07, 6.45) is 8.31. The van der Waals surface area contributed by atoms with Crippen LogP contribution in [0.3, 0.4) is 0 Å². The molecule has 0 amide bonds. The zero-order chi connectivity index (χ0) is 28.1. The maximum atomic E-state index is 13.6. The highest BCUT2D eigenvalue weighted by molar-refractivity contribution is 7.07. The molecule has 0 fully saturated rings. The maximum absolute atomic E-state index is 13.6. The van der Waals surface area contributed by atoms with E-state index in [0.717, 1.165) is 5.56 Å². The molecule has 1 aliphatic heterocycles. The molecule has 40 heavy (non-hydrogen) atoms. The monoisotopic (exact) mass is 552 g/mol. The van der Waals surface area contributed by atoms with Crippen LogP contribution in [0.15, 0.2) is 117 Å². The van der Waals surface area contributed by atoms with Crippen molar-refractivity contribution in [3.8, 4) is 5.75 Å². The van der Waals surface area contributed by atoms with Crippen LogP contribution in [0.5, 0.6) is 5.75 Å². The van der Waals surface area contributed by atoms with Gasteiger partial charge in [0.2, 0.25) is 5.76 Å². The molecular formula is C31H24N2O6S. The Morgan fingerprint density at radius 2 is 1.85 bits per heavy atom. The number of ether oxygens (including phenoxy) is 2. The first kappa shape index (κ1) is 26.6. The predicted molar refractivity (Wildman–Crippen MR) is 151 cm³/mol. The van der Waals surface area contributed by atoms with Gasteiger partial charge in [-0.1, -0.05) is 78.6 Å². The minimum Gasteiger partial charge on any atom is -0.458 e. The number of nitrogens with zero attached hydrogens (tertiary/aromatic N) is 2. The molecule has 0 radical (unpaired) electrons. The average molecular weight is 553 g/mol. The second-order valence-electron chi connectivity index (χ2n) is 8.70. The number of hydrogen-bond donors (Lipinski definition) is 0. The fourth-order valence-electron chi connectivity index (χ4n) is 4.21. The molecule has 2 aromatic carbocycles. The number of rotatable bonds is 8. The quantitative estimate of drug-likeness (QED) is 0.182. The molecule has 5 rings (SSSR count). The van der Waals surface area contributed by atoms with Crippen LogP contribution in [0, 0.1) is 0 Å². The number of hydrogen-bond acceptors (Lipinski definition) is 8. The Morgan fingerprint density at radius 3 is 2.55 bits per heavy atom. The first-order valence-electron chi connectivity index (χ1n) is 12.3. The lowest BCUT2D eigenvalue weighted by Crippen LogP contribution is -2.39. The summed E-state index contributed by atoms with van der Waals surface area (Å²) in [7, 11) is 0. The maximum Gasteiger partial charge on any atom is 0.379 e. The highest BCUT2D eigenvalue weighted by atomic mass is 32.1. The molecule has 0 aliphatic carbocycles.